The molecule has 0 saturated carbocycles. The van der Waals surface area contributed by atoms with Gasteiger partial charge in [-0.15, -0.1) is 0 Å². The predicted molar refractivity (Wildman–Crippen MR) is 136 cm³/mol. The van der Waals surface area contributed by atoms with E-state index in [9.17, 15) is 0 Å². The molecule has 12 heteroatoms. The summed E-state index contributed by atoms with van der Waals surface area (Å²) in [5.41, 5.74) is 1.89. The Morgan fingerprint density at radius 3 is 1.51 bits per heavy atom. The van der Waals surface area contributed by atoms with Crippen molar-refractivity contribution in [2.75, 3.05) is 42.2 Å². The van der Waals surface area contributed by atoms with E-state index >= 15 is 0 Å². The van der Waals surface area contributed by atoms with Crippen LogP contribution in [-0.4, -0.2) is 78.8 Å². The summed E-state index contributed by atoms with van der Waals surface area (Å²) in [5, 5.41) is 0. The molecule has 0 aliphatic heterocycles. The third-order valence-electron chi connectivity index (χ3n) is 5.63. The van der Waals surface area contributed by atoms with Crippen LogP contribution in [0.4, 0.5) is 0 Å². The predicted octanol–water partition coefficient (Wildman–Crippen LogP) is 3.54. The lowest BCUT2D eigenvalue weighted by atomic mass is 9.96. The van der Waals surface area contributed by atoms with Crippen LogP contribution in [0, 0.1) is 0 Å². The summed E-state index contributed by atoms with van der Waals surface area (Å²) in [6.45, 7) is 2.22. The summed E-state index contributed by atoms with van der Waals surface area (Å²) in [6, 6.07) is 19.3. The number of benzene rings is 2. The highest BCUT2D eigenvalue weighted by Crippen LogP contribution is 2.26. The van der Waals surface area contributed by atoms with Gasteiger partial charge in [-0.3, -0.25) is 0 Å². The molecule has 0 heterocycles. The van der Waals surface area contributed by atoms with Crippen molar-refractivity contribution >= 4 is 0 Å². The number of hydrogen-bond acceptors (Lipinski definition) is 12. The van der Waals surface area contributed by atoms with Crippen LogP contribution in [0.15, 0.2) is 60.7 Å². The Labute approximate surface area is 229 Å². The van der Waals surface area contributed by atoms with E-state index in [1.807, 2.05) is 67.6 Å². The van der Waals surface area contributed by atoms with Crippen LogP contribution in [0.2, 0.25) is 0 Å². The molecule has 0 aliphatic rings. The minimum absolute atomic E-state index is 0.122. The average Bonchev–Trinajstić information content (AvgIpc) is 2.97. The molecule has 2 aromatic rings. The molecule has 0 spiro atoms. The Balaban J connectivity index is 2.43. The van der Waals surface area contributed by atoms with Crippen LogP contribution in [0.25, 0.3) is 0 Å². The van der Waals surface area contributed by atoms with Crippen molar-refractivity contribution < 1.29 is 58.3 Å². The first-order valence-electron chi connectivity index (χ1n) is 12.3. The fourth-order valence-electron chi connectivity index (χ4n) is 3.83. The van der Waals surface area contributed by atoms with Crippen molar-refractivity contribution in [2.45, 2.75) is 56.8 Å². The summed E-state index contributed by atoms with van der Waals surface area (Å²) < 4.78 is 12.6. The monoisotopic (exact) mass is 556 g/mol. The van der Waals surface area contributed by atoms with E-state index in [-0.39, 0.29) is 13.2 Å². The van der Waals surface area contributed by atoms with Gasteiger partial charge >= 0.3 is 0 Å². The first-order chi connectivity index (χ1) is 19.1. The molecule has 0 bridgehead atoms. The Kier molecular flexibility index (Phi) is 16.9. The van der Waals surface area contributed by atoms with Gasteiger partial charge in [0.15, 0.2) is 18.3 Å². The number of rotatable bonds is 22. The lowest BCUT2D eigenvalue weighted by molar-refractivity contribution is -0.442. The van der Waals surface area contributed by atoms with E-state index in [1.165, 1.54) is 35.5 Å². The Bertz CT molecular complexity index is 843. The smallest absolute Gasteiger partial charge is 0.156 e. The molecule has 0 fully saturated rings. The fourth-order valence-corrected chi connectivity index (χ4v) is 3.83. The van der Waals surface area contributed by atoms with Crippen molar-refractivity contribution in [3.05, 3.63) is 71.8 Å². The first kappa shape index (κ1) is 33.2. The van der Waals surface area contributed by atoms with Gasteiger partial charge in [0.25, 0.3) is 0 Å². The SMILES string of the molecule is COOC[C@@H](OOC)[C@H](OOC)[C@H](OOC)[C@H](OCc1ccccc1)[C@H](OOC)C(C)OCc1ccccc1. The van der Waals surface area contributed by atoms with Gasteiger partial charge in [0, 0.05) is 0 Å². The minimum Gasteiger partial charge on any atom is -0.371 e. The van der Waals surface area contributed by atoms with Crippen LogP contribution in [-0.2, 0) is 71.6 Å². The van der Waals surface area contributed by atoms with Gasteiger partial charge in [-0.2, -0.15) is 0 Å². The molecule has 12 nitrogen and oxygen atoms in total. The maximum atomic E-state index is 6.40. The molecule has 2 aromatic carbocycles. The third-order valence-corrected chi connectivity index (χ3v) is 5.63. The molecule has 0 amide bonds. The fraction of sp³-hybridized carbons (Fsp3) is 0.556. The highest BCUT2D eigenvalue weighted by Gasteiger charge is 2.47. The second-order valence-corrected chi connectivity index (χ2v) is 8.20. The number of hydrogen-bond donors (Lipinski definition) is 0. The van der Waals surface area contributed by atoms with Crippen LogP contribution < -0.4 is 0 Å². The van der Waals surface area contributed by atoms with E-state index < -0.39 is 36.6 Å². The van der Waals surface area contributed by atoms with Crippen LogP contribution in [0.5, 0.6) is 0 Å². The largest absolute Gasteiger partial charge is 0.371 e. The molecule has 0 N–H and O–H groups in total. The van der Waals surface area contributed by atoms with Gasteiger partial charge < -0.3 is 9.47 Å². The van der Waals surface area contributed by atoms with Gasteiger partial charge in [0.05, 0.1) is 54.9 Å². The molecule has 1 unspecified atom stereocenters. The van der Waals surface area contributed by atoms with Crippen molar-refractivity contribution in [1.82, 2.24) is 0 Å². The molecule has 6 atom stereocenters. The first-order valence-corrected chi connectivity index (χ1v) is 12.3. The Hall–Kier alpha value is -2.04. The summed E-state index contributed by atoms with van der Waals surface area (Å²) >= 11 is 0. The molecule has 220 valence electrons. The highest BCUT2D eigenvalue weighted by molar-refractivity contribution is 5.14. The van der Waals surface area contributed by atoms with E-state index in [4.69, 9.17) is 58.3 Å². The number of ether oxygens (including phenoxy) is 2. The minimum atomic E-state index is -1.05. The van der Waals surface area contributed by atoms with E-state index in [0.29, 0.717) is 6.61 Å². The van der Waals surface area contributed by atoms with Crippen molar-refractivity contribution in [3.8, 4) is 0 Å². The van der Waals surface area contributed by atoms with Crippen LogP contribution >= 0.6 is 0 Å². The summed E-state index contributed by atoms with van der Waals surface area (Å²) in [7, 11) is 6.79. The van der Waals surface area contributed by atoms with Crippen LogP contribution in [0.1, 0.15) is 18.1 Å². The zero-order valence-corrected chi connectivity index (χ0v) is 23.3. The van der Waals surface area contributed by atoms with E-state index in [2.05, 4.69) is 0 Å². The van der Waals surface area contributed by atoms with Gasteiger partial charge in [0.1, 0.15) is 18.8 Å². The van der Waals surface area contributed by atoms with E-state index in [0.717, 1.165) is 11.1 Å². The summed E-state index contributed by atoms with van der Waals surface area (Å²) in [4.78, 5) is 52.4. The van der Waals surface area contributed by atoms with Gasteiger partial charge in [-0.1, -0.05) is 60.7 Å². The van der Waals surface area contributed by atoms with Crippen LogP contribution in [0.3, 0.4) is 0 Å². The van der Waals surface area contributed by atoms with Gasteiger partial charge in [-0.25, -0.2) is 48.9 Å². The van der Waals surface area contributed by atoms with Crippen molar-refractivity contribution in [3.63, 3.8) is 0 Å². The maximum absolute atomic E-state index is 6.40. The second kappa shape index (κ2) is 19.9. The summed E-state index contributed by atoms with van der Waals surface area (Å²) in [5.74, 6) is 0. The normalized spacial score (nSPS) is 16.4. The molecular weight excluding hydrogens is 516 g/mol. The van der Waals surface area contributed by atoms with Gasteiger partial charge in [-0.05, 0) is 18.1 Å². The molecule has 0 aliphatic carbocycles. The second-order valence-electron chi connectivity index (χ2n) is 8.20. The van der Waals surface area contributed by atoms with E-state index in [1.54, 1.807) is 0 Å². The zero-order chi connectivity index (χ0) is 28.3. The lowest BCUT2D eigenvalue weighted by Crippen LogP contribution is -2.57. The van der Waals surface area contributed by atoms with Gasteiger partial charge in [0.2, 0.25) is 0 Å². The molecule has 0 aromatic heterocycles. The molecule has 0 saturated heterocycles. The Morgan fingerprint density at radius 2 is 1.00 bits per heavy atom. The Morgan fingerprint density at radius 1 is 0.513 bits per heavy atom. The quantitative estimate of drug-likeness (QED) is 0.156. The molecular formula is C27H40O12. The summed E-state index contributed by atoms with van der Waals surface area (Å²) in [6.07, 6.45) is -5.37. The molecule has 2 rings (SSSR count). The topological polar surface area (TPSA) is 111 Å². The molecule has 39 heavy (non-hydrogen) atoms. The maximum Gasteiger partial charge on any atom is 0.156 e. The highest BCUT2D eigenvalue weighted by atomic mass is 17.2. The lowest BCUT2D eigenvalue weighted by Gasteiger charge is -2.38. The average molecular weight is 557 g/mol. The standard InChI is InChI=1S/C27H40O12/c1-20(33-17-21-13-9-7-10-14-21)24(37-30-4)26(34-18-22-15-11-8-12-16-22)27(39-32-6)25(38-31-5)23(36-29-3)19-35-28-2/h7-16,20,23-27H,17-19H2,1-6H3/t20?,23-,24-,25+,26-,27+/m1/s1. The van der Waals surface area contributed by atoms with Crippen molar-refractivity contribution in [1.29, 1.82) is 0 Å². The zero-order valence-electron chi connectivity index (χ0n) is 23.3. The van der Waals surface area contributed by atoms with Crippen molar-refractivity contribution in [2.24, 2.45) is 0 Å². The molecule has 0 radical (unpaired) electrons. The third kappa shape index (κ3) is 11.5.